The molecule has 0 saturated heterocycles. The fraction of sp³-hybridized carbons (Fsp3) is 0.538. The number of ether oxygens (including phenoxy) is 1. The molecule has 4 nitrogen and oxygen atoms in total. The van der Waals surface area contributed by atoms with Crippen LogP contribution >= 0.6 is 0 Å². The molecule has 0 saturated carbocycles. The third kappa shape index (κ3) is 11.5. The summed E-state index contributed by atoms with van der Waals surface area (Å²) in [6.45, 7) is 25.4. The average Bonchev–Trinajstić information content (AvgIpc) is 3.02. The molecule has 3 unspecified atom stereocenters. The summed E-state index contributed by atoms with van der Waals surface area (Å²) >= 11 is 0. The SMILES string of the molecule is CC.CC.CC.CC1CC(C)(C)N(C)c2ccccc21.CC1Oc2ccccc2N(C)C1C.Cc1ccc(N(C)C)cc1. The lowest BCUT2D eigenvalue weighted by atomic mass is 9.80. The third-order valence-electron chi connectivity index (χ3n) is 7.94. The Labute approximate surface area is 267 Å². The molecule has 2 aliphatic heterocycles. The van der Waals surface area contributed by atoms with Crippen molar-refractivity contribution in [3.8, 4) is 5.75 Å². The smallest absolute Gasteiger partial charge is 0.143 e. The molecule has 5 rings (SSSR count). The van der Waals surface area contributed by atoms with Crippen molar-refractivity contribution >= 4 is 17.1 Å². The molecule has 3 aromatic rings. The average molecular weight is 592 g/mol. The molecule has 0 radical (unpaired) electrons. The van der Waals surface area contributed by atoms with Crippen molar-refractivity contribution in [2.75, 3.05) is 42.9 Å². The summed E-state index contributed by atoms with van der Waals surface area (Å²) in [6.07, 6.45) is 1.50. The van der Waals surface area contributed by atoms with Crippen molar-refractivity contribution in [3.63, 3.8) is 0 Å². The number of benzene rings is 3. The topological polar surface area (TPSA) is 19.0 Å². The Morgan fingerprint density at radius 2 is 1.21 bits per heavy atom. The van der Waals surface area contributed by atoms with Gasteiger partial charge in [0.25, 0.3) is 0 Å². The van der Waals surface area contributed by atoms with Gasteiger partial charge in [-0.1, -0.05) is 96.5 Å². The van der Waals surface area contributed by atoms with Gasteiger partial charge in [0.05, 0.1) is 11.7 Å². The number of hydrogen-bond acceptors (Lipinski definition) is 4. The maximum atomic E-state index is 5.77. The van der Waals surface area contributed by atoms with Crippen LogP contribution in [0, 0.1) is 6.92 Å². The van der Waals surface area contributed by atoms with E-state index in [1.165, 1.54) is 34.6 Å². The van der Waals surface area contributed by atoms with Crippen molar-refractivity contribution in [1.29, 1.82) is 0 Å². The van der Waals surface area contributed by atoms with Crippen molar-refractivity contribution in [3.05, 3.63) is 83.9 Å². The Morgan fingerprint density at radius 1 is 0.721 bits per heavy atom. The lowest BCUT2D eigenvalue weighted by molar-refractivity contribution is 0.179. The van der Waals surface area contributed by atoms with E-state index < -0.39 is 0 Å². The van der Waals surface area contributed by atoms with Gasteiger partial charge in [-0.2, -0.15) is 0 Å². The van der Waals surface area contributed by atoms with Crippen LogP contribution in [0.25, 0.3) is 0 Å². The number of fused-ring (bicyclic) bond motifs is 2. The Bertz CT molecular complexity index is 1140. The molecule has 4 heteroatoms. The first-order valence-corrected chi connectivity index (χ1v) is 16.5. The number of rotatable bonds is 1. The number of nitrogens with zero attached hydrogens (tertiary/aromatic N) is 3. The van der Waals surface area contributed by atoms with Crippen LogP contribution < -0.4 is 19.4 Å². The van der Waals surface area contributed by atoms with Crippen LogP contribution in [0.1, 0.15) is 99.6 Å². The van der Waals surface area contributed by atoms with Crippen molar-refractivity contribution in [2.24, 2.45) is 0 Å². The minimum absolute atomic E-state index is 0.264. The van der Waals surface area contributed by atoms with Crippen molar-refractivity contribution in [1.82, 2.24) is 0 Å². The number of hydrogen-bond donors (Lipinski definition) is 0. The van der Waals surface area contributed by atoms with E-state index in [0.29, 0.717) is 12.0 Å². The number of anilines is 3. The zero-order valence-corrected chi connectivity index (χ0v) is 30.6. The Hall–Kier alpha value is -3.14. The highest BCUT2D eigenvalue weighted by Gasteiger charge is 2.33. The lowest BCUT2D eigenvalue weighted by Gasteiger charge is -2.45. The first kappa shape index (κ1) is 39.9. The molecule has 0 N–H and O–H groups in total. The maximum Gasteiger partial charge on any atom is 0.143 e. The maximum absolute atomic E-state index is 5.77. The van der Waals surface area contributed by atoms with Crippen LogP contribution in [0.3, 0.4) is 0 Å². The molecule has 242 valence electrons. The second-order valence-electron chi connectivity index (χ2n) is 11.4. The summed E-state index contributed by atoms with van der Waals surface area (Å²) in [5, 5.41) is 0. The standard InChI is InChI=1S/C13H19N.C11H15NO.C9H13N.3C2H6/c1-10-9-13(2,3)14(4)12-8-6-5-7-11(10)12;1-8-9(2)13-11-7-5-4-6-10(11)12(8)3;1-8-4-6-9(7-5-8)10(2)3;3*1-2/h5-8,10H,9H2,1-4H3;4-9H,1-3H3;4-7H,1-3H3;3*1-2H3. The van der Waals surface area contributed by atoms with Gasteiger partial charge >= 0.3 is 0 Å². The van der Waals surface area contributed by atoms with Crippen LogP contribution in [0.15, 0.2) is 72.8 Å². The summed E-state index contributed by atoms with van der Waals surface area (Å²) in [7, 11) is 8.41. The lowest BCUT2D eigenvalue weighted by Crippen LogP contribution is -2.45. The Morgan fingerprint density at radius 3 is 1.74 bits per heavy atom. The van der Waals surface area contributed by atoms with Gasteiger partial charge in [0, 0.05) is 45.1 Å². The second-order valence-corrected chi connectivity index (χ2v) is 11.4. The minimum Gasteiger partial charge on any atom is -0.486 e. The van der Waals surface area contributed by atoms with Gasteiger partial charge in [-0.3, -0.25) is 0 Å². The quantitative estimate of drug-likeness (QED) is 0.280. The van der Waals surface area contributed by atoms with Crippen LogP contribution in [-0.4, -0.2) is 45.9 Å². The van der Waals surface area contributed by atoms with E-state index in [4.69, 9.17) is 4.74 Å². The van der Waals surface area contributed by atoms with E-state index in [9.17, 15) is 0 Å². The van der Waals surface area contributed by atoms with Gasteiger partial charge in [-0.05, 0) is 82.9 Å². The first-order valence-electron chi connectivity index (χ1n) is 16.5. The molecule has 3 aromatic carbocycles. The summed E-state index contributed by atoms with van der Waals surface area (Å²) < 4.78 is 5.77. The Balaban J connectivity index is 0.000000571. The minimum atomic E-state index is 0.264. The van der Waals surface area contributed by atoms with E-state index in [2.05, 4.69) is 125 Å². The van der Waals surface area contributed by atoms with Crippen LogP contribution in [0.4, 0.5) is 17.1 Å². The molecule has 2 aliphatic rings. The number of likely N-dealkylation sites (N-methyl/N-ethyl adjacent to an activating group) is 1. The highest BCUT2D eigenvalue weighted by molar-refractivity contribution is 5.60. The van der Waals surface area contributed by atoms with E-state index >= 15 is 0 Å². The molecular weight excluding hydrogens is 526 g/mol. The summed E-state index contributed by atoms with van der Waals surface area (Å²) in [5.41, 5.74) is 6.93. The van der Waals surface area contributed by atoms with E-state index in [0.717, 1.165) is 5.75 Å². The molecule has 0 fully saturated rings. The molecule has 0 aromatic heterocycles. The van der Waals surface area contributed by atoms with Crippen LogP contribution in [-0.2, 0) is 0 Å². The Kier molecular flexibility index (Phi) is 18.5. The first-order chi connectivity index (χ1) is 20.4. The van der Waals surface area contributed by atoms with Crippen molar-refractivity contribution < 1.29 is 4.74 Å². The van der Waals surface area contributed by atoms with E-state index in [-0.39, 0.29) is 11.6 Å². The van der Waals surface area contributed by atoms with Crippen LogP contribution in [0.2, 0.25) is 0 Å². The molecule has 43 heavy (non-hydrogen) atoms. The fourth-order valence-electron chi connectivity index (χ4n) is 5.06. The second kappa shape index (κ2) is 19.9. The normalized spacial score (nSPS) is 18.7. The largest absolute Gasteiger partial charge is 0.486 e. The molecule has 0 amide bonds. The van der Waals surface area contributed by atoms with Gasteiger partial charge in [-0.25, -0.2) is 0 Å². The monoisotopic (exact) mass is 592 g/mol. The van der Waals surface area contributed by atoms with Crippen LogP contribution in [0.5, 0.6) is 5.75 Å². The predicted molar refractivity (Wildman–Crippen MR) is 196 cm³/mol. The van der Waals surface area contributed by atoms with Crippen molar-refractivity contribution in [2.45, 2.75) is 113 Å². The highest BCUT2D eigenvalue weighted by Crippen LogP contribution is 2.41. The molecule has 0 aliphatic carbocycles. The van der Waals surface area contributed by atoms with Gasteiger partial charge < -0.3 is 19.4 Å². The summed E-state index contributed by atoms with van der Waals surface area (Å²) in [4.78, 5) is 6.77. The molecular formula is C39H65N3O. The van der Waals surface area contributed by atoms with Gasteiger partial charge in [0.2, 0.25) is 0 Å². The molecule has 2 heterocycles. The highest BCUT2D eigenvalue weighted by atomic mass is 16.5. The van der Waals surface area contributed by atoms with Gasteiger partial charge in [0.1, 0.15) is 11.9 Å². The zero-order valence-electron chi connectivity index (χ0n) is 30.6. The zero-order chi connectivity index (χ0) is 33.3. The van der Waals surface area contributed by atoms with E-state index in [1.807, 2.05) is 73.8 Å². The summed E-state index contributed by atoms with van der Waals surface area (Å²) in [5.74, 6) is 1.67. The summed E-state index contributed by atoms with van der Waals surface area (Å²) in [6, 6.07) is 25.8. The molecule has 3 atom stereocenters. The van der Waals surface area contributed by atoms with E-state index in [1.54, 1.807) is 0 Å². The fourth-order valence-corrected chi connectivity index (χ4v) is 5.06. The van der Waals surface area contributed by atoms with Gasteiger partial charge in [0.15, 0.2) is 0 Å². The molecule has 0 bridgehead atoms. The predicted octanol–water partition coefficient (Wildman–Crippen LogP) is 10.8. The third-order valence-corrected chi connectivity index (χ3v) is 7.94. The van der Waals surface area contributed by atoms with Gasteiger partial charge in [-0.15, -0.1) is 0 Å². The number of aryl methyl sites for hydroxylation is 1. The molecule has 0 spiro atoms. The number of para-hydroxylation sites is 3.